The molecule has 0 radical (unpaired) electrons. The number of benzene rings is 3. The van der Waals surface area contributed by atoms with E-state index in [1.165, 1.54) is 24.3 Å². The molecule has 5 nitrogen and oxygen atoms in total. The maximum absolute atomic E-state index is 13.1. The summed E-state index contributed by atoms with van der Waals surface area (Å²) in [6, 6.07) is 15.7. The van der Waals surface area contributed by atoms with Gasteiger partial charge < -0.3 is 0 Å². The minimum Gasteiger partial charge on any atom is -0.223 e. The third kappa shape index (κ3) is 4.36. The van der Waals surface area contributed by atoms with Crippen LogP contribution in [0.2, 0.25) is 10.0 Å². The fourth-order valence-electron chi connectivity index (χ4n) is 3.30. The van der Waals surface area contributed by atoms with Crippen molar-refractivity contribution >= 4 is 43.1 Å². The molecule has 10 heteroatoms. The molecule has 1 aliphatic heterocycles. The van der Waals surface area contributed by atoms with Gasteiger partial charge in [0.15, 0.2) is 9.84 Å². The zero-order valence-corrected chi connectivity index (χ0v) is 19.0. The average Bonchev–Trinajstić information content (AvgIpc) is 2.66. The predicted octanol–water partition coefficient (Wildman–Crippen LogP) is 4.65. The number of nitrogens with zero attached hydrogens (tertiary/aromatic N) is 1. The van der Waals surface area contributed by atoms with E-state index in [-0.39, 0.29) is 22.9 Å². The highest BCUT2D eigenvalue weighted by atomic mass is 35.5. The summed E-state index contributed by atoms with van der Waals surface area (Å²) in [6.07, 6.45) is 0. The topological polar surface area (TPSA) is 71.5 Å². The lowest BCUT2D eigenvalue weighted by Gasteiger charge is -2.37. The molecule has 3 aromatic carbocycles. The number of sulfonamides is 1. The van der Waals surface area contributed by atoms with Gasteiger partial charge in [0, 0.05) is 23.1 Å². The Morgan fingerprint density at radius 3 is 1.81 bits per heavy atom. The van der Waals surface area contributed by atoms with Gasteiger partial charge in [0.25, 0.3) is 0 Å². The van der Waals surface area contributed by atoms with Crippen molar-refractivity contribution in [2.75, 3.05) is 13.1 Å². The van der Waals surface area contributed by atoms with Crippen LogP contribution in [0.25, 0.3) is 11.1 Å². The van der Waals surface area contributed by atoms with E-state index in [1.807, 2.05) is 0 Å². The molecule has 1 heterocycles. The van der Waals surface area contributed by atoms with E-state index in [9.17, 15) is 21.2 Å². The Morgan fingerprint density at radius 2 is 1.26 bits per heavy atom. The van der Waals surface area contributed by atoms with Gasteiger partial charge >= 0.3 is 0 Å². The highest BCUT2D eigenvalue weighted by molar-refractivity contribution is 7.92. The highest BCUT2D eigenvalue weighted by Crippen LogP contribution is 2.31. The van der Waals surface area contributed by atoms with Crippen molar-refractivity contribution in [1.29, 1.82) is 0 Å². The Kier molecular flexibility index (Phi) is 5.87. The molecular formula is C21H16Cl2FNO4S2. The summed E-state index contributed by atoms with van der Waals surface area (Å²) in [6.45, 7) is -0.318. The Bertz CT molecular complexity index is 1320. The molecule has 1 aliphatic rings. The van der Waals surface area contributed by atoms with Gasteiger partial charge in [-0.25, -0.2) is 21.2 Å². The van der Waals surface area contributed by atoms with Gasteiger partial charge in [0.2, 0.25) is 10.0 Å². The van der Waals surface area contributed by atoms with E-state index < -0.39 is 30.9 Å². The van der Waals surface area contributed by atoms with E-state index in [2.05, 4.69) is 0 Å². The first-order valence-corrected chi connectivity index (χ1v) is 12.9. The van der Waals surface area contributed by atoms with Crippen LogP contribution < -0.4 is 0 Å². The summed E-state index contributed by atoms with van der Waals surface area (Å²) < 4.78 is 65.2. The second-order valence-corrected chi connectivity index (χ2v) is 12.2. The largest absolute Gasteiger partial charge is 0.243 e. The number of halogens is 3. The summed E-state index contributed by atoms with van der Waals surface area (Å²) in [5, 5.41) is 0.0574. The van der Waals surface area contributed by atoms with E-state index in [1.54, 1.807) is 30.3 Å². The van der Waals surface area contributed by atoms with Crippen LogP contribution in [0.1, 0.15) is 0 Å². The lowest BCUT2D eigenvalue weighted by atomic mass is 10.1. The monoisotopic (exact) mass is 499 g/mol. The fraction of sp³-hybridized carbons (Fsp3) is 0.143. The quantitative estimate of drug-likeness (QED) is 0.479. The Labute approximate surface area is 190 Å². The molecule has 162 valence electrons. The third-order valence-electron chi connectivity index (χ3n) is 5.08. The molecular weight excluding hydrogens is 484 g/mol. The van der Waals surface area contributed by atoms with Gasteiger partial charge in [-0.15, -0.1) is 0 Å². The van der Waals surface area contributed by atoms with E-state index in [0.717, 1.165) is 27.6 Å². The second-order valence-electron chi connectivity index (χ2n) is 7.13. The minimum atomic E-state index is -3.84. The smallest absolute Gasteiger partial charge is 0.223 e. The molecule has 1 saturated heterocycles. The first-order valence-electron chi connectivity index (χ1n) is 9.13. The Morgan fingerprint density at radius 1 is 0.742 bits per heavy atom. The van der Waals surface area contributed by atoms with Crippen LogP contribution in [-0.4, -0.2) is 39.5 Å². The molecule has 0 spiro atoms. The number of hydrogen-bond donors (Lipinski definition) is 0. The second kappa shape index (κ2) is 8.18. The predicted molar refractivity (Wildman–Crippen MR) is 118 cm³/mol. The van der Waals surface area contributed by atoms with Crippen molar-refractivity contribution in [2.24, 2.45) is 0 Å². The minimum absolute atomic E-state index is 0.0273. The summed E-state index contributed by atoms with van der Waals surface area (Å²) >= 11 is 12.0. The maximum atomic E-state index is 13.1. The molecule has 0 bridgehead atoms. The molecule has 31 heavy (non-hydrogen) atoms. The lowest BCUT2D eigenvalue weighted by molar-refractivity contribution is 0.309. The molecule has 0 N–H and O–H groups in total. The molecule has 0 unspecified atom stereocenters. The summed E-state index contributed by atoms with van der Waals surface area (Å²) in [5.41, 5.74) is 1.49. The molecule has 0 aromatic heterocycles. The number of rotatable bonds is 5. The van der Waals surface area contributed by atoms with Crippen molar-refractivity contribution in [3.63, 3.8) is 0 Å². The van der Waals surface area contributed by atoms with Gasteiger partial charge in [-0.05, 0) is 65.7 Å². The summed E-state index contributed by atoms with van der Waals surface area (Å²) in [5.74, 6) is -0.541. The van der Waals surface area contributed by atoms with E-state index in [0.29, 0.717) is 10.0 Å². The highest BCUT2D eigenvalue weighted by Gasteiger charge is 2.44. The van der Waals surface area contributed by atoms with Crippen LogP contribution in [0.5, 0.6) is 0 Å². The average molecular weight is 500 g/mol. The van der Waals surface area contributed by atoms with Crippen LogP contribution in [0.4, 0.5) is 4.39 Å². The van der Waals surface area contributed by atoms with Gasteiger partial charge in [-0.2, -0.15) is 4.31 Å². The Hall–Kier alpha value is -1.97. The van der Waals surface area contributed by atoms with Gasteiger partial charge in [-0.3, -0.25) is 0 Å². The van der Waals surface area contributed by atoms with Crippen LogP contribution in [-0.2, 0) is 19.9 Å². The molecule has 4 rings (SSSR count). The Balaban J connectivity index is 1.50. The standard InChI is InChI=1S/C21H16Cl2FNO4S2/c22-16-9-15(10-17(23)11-16)14-1-5-20(6-2-14)31(28,29)25-12-21(13-25)30(26,27)19-7-3-18(24)4-8-19/h1-11,21H,12-13H2. The zero-order chi connectivity index (χ0) is 22.4. The molecule has 0 atom stereocenters. The van der Waals surface area contributed by atoms with E-state index in [4.69, 9.17) is 23.2 Å². The molecule has 0 aliphatic carbocycles. The van der Waals surface area contributed by atoms with Crippen LogP contribution >= 0.6 is 23.2 Å². The SMILES string of the molecule is O=S(=O)(c1ccc(F)cc1)C1CN(S(=O)(=O)c2ccc(-c3cc(Cl)cc(Cl)c3)cc2)C1. The van der Waals surface area contributed by atoms with Crippen LogP contribution in [0.15, 0.2) is 76.5 Å². The molecule has 1 fully saturated rings. The fourth-order valence-corrected chi connectivity index (χ4v) is 7.20. The normalized spacial score (nSPS) is 15.6. The maximum Gasteiger partial charge on any atom is 0.243 e. The van der Waals surface area contributed by atoms with Crippen molar-refractivity contribution in [2.45, 2.75) is 15.0 Å². The third-order valence-corrected chi connectivity index (χ3v) is 9.47. The van der Waals surface area contributed by atoms with Crippen LogP contribution in [0, 0.1) is 5.82 Å². The van der Waals surface area contributed by atoms with Crippen LogP contribution in [0.3, 0.4) is 0 Å². The molecule has 0 amide bonds. The first kappa shape index (κ1) is 22.2. The summed E-state index contributed by atoms with van der Waals surface area (Å²) in [4.78, 5) is 0.0301. The van der Waals surface area contributed by atoms with Crippen molar-refractivity contribution in [3.8, 4) is 11.1 Å². The first-order chi connectivity index (χ1) is 14.6. The molecule has 3 aromatic rings. The summed E-state index contributed by atoms with van der Waals surface area (Å²) in [7, 11) is -7.59. The molecule has 0 saturated carbocycles. The number of sulfone groups is 1. The van der Waals surface area contributed by atoms with Crippen molar-refractivity contribution in [3.05, 3.63) is 82.6 Å². The lowest BCUT2D eigenvalue weighted by Crippen LogP contribution is -2.56. The van der Waals surface area contributed by atoms with Gasteiger partial charge in [0.1, 0.15) is 5.82 Å². The number of hydrogen-bond acceptors (Lipinski definition) is 4. The zero-order valence-electron chi connectivity index (χ0n) is 15.9. The van der Waals surface area contributed by atoms with E-state index >= 15 is 0 Å². The van der Waals surface area contributed by atoms with Gasteiger partial charge in [-0.1, -0.05) is 35.3 Å². The van der Waals surface area contributed by atoms with Gasteiger partial charge in [0.05, 0.1) is 15.0 Å². The van der Waals surface area contributed by atoms with Crippen molar-refractivity contribution in [1.82, 2.24) is 4.31 Å². The van der Waals surface area contributed by atoms with Crippen molar-refractivity contribution < 1.29 is 21.2 Å².